The lowest BCUT2D eigenvalue weighted by Gasteiger charge is -2.37. The van der Waals surface area contributed by atoms with Crippen molar-refractivity contribution in [2.75, 3.05) is 18.0 Å². The van der Waals surface area contributed by atoms with E-state index in [-0.39, 0.29) is 5.57 Å². The van der Waals surface area contributed by atoms with Gasteiger partial charge in [-0.2, -0.15) is 10.5 Å². The Hall–Kier alpha value is -3.24. The number of allylic oxidation sites excluding steroid dienone is 6. The fourth-order valence-corrected chi connectivity index (χ4v) is 5.51. The highest BCUT2D eigenvalue weighted by Crippen LogP contribution is 2.41. The zero-order chi connectivity index (χ0) is 21.4. The molecule has 4 heteroatoms. The number of anilines is 1. The van der Waals surface area contributed by atoms with Gasteiger partial charge in [0.15, 0.2) is 0 Å². The van der Waals surface area contributed by atoms with Crippen molar-refractivity contribution >= 4 is 11.8 Å². The molecule has 0 fully saturated rings. The maximum atomic E-state index is 9.48. The van der Waals surface area contributed by atoms with E-state index in [4.69, 9.17) is 4.74 Å². The second-order valence-electron chi connectivity index (χ2n) is 9.01. The fourth-order valence-electron chi connectivity index (χ4n) is 5.51. The Morgan fingerprint density at radius 3 is 2.42 bits per heavy atom. The third-order valence-corrected chi connectivity index (χ3v) is 6.94. The van der Waals surface area contributed by atoms with Crippen LogP contribution in [0.2, 0.25) is 0 Å². The highest BCUT2D eigenvalue weighted by molar-refractivity contribution is 5.69. The average Bonchev–Trinajstić information content (AvgIpc) is 2.79. The number of aryl methyl sites for hydroxylation is 2. The first kappa shape index (κ1) is 19.7. The summed E-state index contributed by atoms with van der Waals surface area (Å²) in [7, 11) is 0. The molecule has 31 heavy (non-hydrogen) atoms. The minimum atomic E-state index is 0.175. The second-order valence-corrected chi connectivity index (χ2v) is 9.01. The van der Waals surface area contributed by atoms with Crippen molar-refractivity contribution in [1.29, 1.82) is 10.5 Å². The molecule has 156 valence electrons. The summed E-state index contributed by atoms with van der Waals surface area (Å²) in [5, 5.41) is 19.0. The van der Waals surface area contributed by atoms with Gasteiger partial charge < -0.3 is 9.64 Å². The van der Waals surface area contributed by atoms with Crippen molar-refractivity contribution in [3.63, 3.8) is 0 Å². The molecule has 1 aliphatic carbocycles. The van der Waals surface area contributed by atoms with Crippen LogP contribution in [0.1, 0.15) is 55.7 Å². The van der Waals surface area contributed by atoms with Crippen molar-refractivity contribution < 1.29 is 4.74 Å². The SMILES string of the molecule is CC1CCCC2=C1OC(/C=C/c1cc3c4c(c1)CCCN4CCC3)=CC2=C(C#N)C#N. The molecule has 0 amide bonds. The van der Waals surface area contributed by atoms with E-state index in [0.717, 1.165) is 49.0 Å². The molecule has 0 radical (unpaired) electrons. The maximum Gasteiger partial charge on any atom is 0.137 e. The van der Waals surface area contributed by atoms with E-state index in [9.17, 15) is 10.5 Å². The van der Waals surface area contributed by atoms with Gasteiger partial charge in [0.2, 0.25) is 0 Å². The topological polar surface area (TPSA) is 60.0 Å². The molecule has 0 spiro atoms. The van der Waals surface area contributed by atoms with E-state index in [0.29, 0.717) is 11.7 Å². The van der Waals surface area contributed by atoms with Gasteiger partial charge >= 0.3 is 0 Å². The first-order chi connectivity index (χ1) is 15.2. The van der Waals surface area contributed by atoms with Gasteiger partial charge in [-0.3, -0.25) is 0 Å². The van der Waals surface area contributed by atoms with Crippen molar-refractivity contribution in [2.45, 2.75) is 51.9 Å². The Labute approximate surface area is 184 Å². The fraction of sp³-hybridized carbons (Fsp3) is 0.407. The molecule has 1 atom stereocenters. The average molecular weight is 410 g/mol. The van der Waals surface area contributed by atoms with Crippen LogP contribution in [0.5, 0.6) is 0 Å². The van der Waals surface area contributed by atoms with Gasteiger partial charge in [0, 0.05) is 35.8 Å². The molecular formula is C27H27N3O. The largest absolute Gasteiger partial charge is 0.461 e. The maximum absolute atomic E-state index is 9.48. The lowest BCUT2D eigenvalue weighted by atomic mass is 9.83. The van der Waals surface area contributed by atoms with Crippen LogP contribution in [0, 0.1) is 28.6 Å². The minimum absolute atomic E-state index is 0.175. The van der Waals surface area contributed by atoms with Crippen molar-refractivity contribution in [2.24, 2.45) is 5.92 Å². The van der Waals surface area contributed by atoms with E-state index in [1.165, 1.54) is 48.3 Å². The smallest absolute Gasteiger partial charge is 0.137 e. The second kappa shape index (κ2) is 8.12. The van der Waals surface area contributed by atoms with Gasteiger partial charge in [0.05, 0.1) is 0 Å². The summed E-state index contributed by atoms with van der Waals surface area (Å²) in [6.07, 6.45) is 13.7. The summed E-state index contributed by atoms with van der Waals surface area (Å²) >= 11 is 0. The summed E-state index contributed by atoms with van der Waals surface area (Å²) in [5.41, 5.74) is 7.56. The van der Waals surface area contributed by atoms with E-state index in [1.807, 2.05) is 12.2 Å². The Kier molecular flexibility index (Phi) is 5.16. The summed E-state index contributed by atoms with van der Waals surface area (Å²) < 4.78 is 6.28. The molecule has 1 unspecified atom stereocenters. The van der Waals surface area contributed by atoms with Gasteiger partial charge in [0.25, 0.3) is 0 Å². The zero-order valence-corrected chi connectivity index (χ0v) is 18.1. The first-order valence-electron chi connectivity index (χ1n) is 11.4. The predicted molar refractivity (Wildman–Crippen MR) is 122 cm³/mol. The molecule has 4 nitrogen and oxygen atoms in total. The highest BCUT2D eigenvalue weighted by atomic mass is 16.5. The predicted octanol–water partition coefficient (Wildman–Crippen LogP) is 5.73. The van der Waals surface area contributed by atoms with Gasteiger partial charge in [-0.15, -0.1) is 0 Å². The summed E-state index contributed by atoms with van der Waals surface area (Å²) in [6, 6.07) is 8.79. The Balaban J connectivity index is 1.50. The molecule has 4 aliphatic rings. The summed E-state index contributed by atoms with van der Waals surface area (Å²) in [6.45, 7) is 4.53. The van der Waals surface area contributed by atoms with Crippen LogP contribution in [-0.4, -0.2) is 13.1 Å². The monoisotopic (exact) mass is 409 g/mol. The first-order valence-corrected chi connectivity index (χ1v) is 11.4. The third-order valence-electron chi connectivity index (χ3n) is 6.94. The number of hydrogen-bond acceptors (Lipinski definition) is 4. The normalized spacial score (nSPS) is 22.2. The van der Waals surface area contributed by atoms with Crippen LogP contribution in [-0.2, 0) is 17.6 Å². The van der Waals surface area contributed by atoms with Crippen LogP contribution in [0.3, 0.4) is 0 Å². The molecule has 0 aromatic heterocycles. The number of nitrogens with zero attached hydrogens (tertiary/aromatic N) is 3. The number of nitriles is 2. The summed E-state index contributed by atoms with van der Waals surface area (Å²) in [4.78, 5) is 2.55. The third kappa shape index (κ3) is 3.57. The standard InChI is InChI=1S/C27H27N3O/c1-18-5-2-8-24-25(22(16-28)17-29)15-23(31-27(18)24)10-9-19-13-20-6-3-11-30-12-4-7-21(14-19)26(20)30/h9-10,13-15,18H,2-8,11-12H2,1H3/b10-9+. The van der Waals surface area contributed by atoms with Crippen LogP contribution in [0.25, 0.3) is 6.08 Å². The van der Waals surface area contributed by atoms with Gasteiger partial charge in [0.1, 0.15) is 29.2 Å². The van der Waals surface area contributed by atoms with Gasteiger partial charge in [-0.05, 0) is 85.9 Å². The van der Waals surface area contributed by atoms with Crippen molar-refractivity contribution in [3.05, 3.63) is 69.2 Å². The van der Waals surface area contributed by atoms with E-state index in [1.54, 1.807) is 0 Å². The van der Waals surface area contributed by atoms with E-state index >= 15 is 0 Å². The molecule has 0 bridgehead atoms. The number of rotatable bonds is 2. The summed E-state index contributed by atoms with van der Waals surface area (Å²) in [5.74, 6) is 1.94. The Bertz CT molecular complexity index is 1090. The molecule has 0 saturated carbocycles. The van der Waals surface area contributed by atoms with Crippen molar-refractivity contribution in [1.82, 2.24) is 0 Å². The molecule has 0 saturated heterocycles. The number of benzene rings is 1. The van der Waals surface area contributed by atoms with E-state index < -0.39 is 0 Å². The molecule has 1 aromatic carbocycles. The lowest BCUT2D eigenvalue weighted by Crippen LogP contribution is -2.34. The molecular weight excluding hydrogens is 382 g/mol. The van der Waals surface area contributed by atoms with Gasteiger partial charge in [-0.25, -0.2) is 0 Å². The van der Waals surface area contributed by atoms with E-state index in [2.05, 4.69) is 42.2 Å². The molecule has 0 N–H and O–H groups in total. The van der Waals surface area contributed by atoms with Crippen LogP contribution >= 0.6 is 0 Å². The van der Waals surface area contributed by atoms with Crippen LogP contribution in [0.4, 0.5) is 5.69 Å². The number of ether oxygens (including phenoxy) is 1. The molecule has 5 rings (SSSR count). The van der Waals surface area contributed by atoms with Crippen molar-refractivity contribution in [3.8, 4) is 12.1 Å². The Morgan fingerprint density at radius 2 is 1.74 bits per heavy atom. The lowest BCUT2D eigenvalue weighted by molar-refractivity contribution is 0.243. The Morgan fingerprint density at radius 1 is 1.03 bits per heavy atom. The molecule has 1 aromatic rings. The zero-order valence-electron chi connectivity index (χ0n) is 18.1. The number of hydrogen-bond donors (Lipinski definition) is 0. The van der Waals surface area contributed by atoms with Crippen LogP contribution < -0.4 is 4.90 Å². The molecule has 3 heterocycles. The quantitative estimate of drug-likeness (QED) is 0.585. The van der Waals surface area contributed by atoms with Gasteiger partial charge in [-0.1, -0.05) is 13.0 Å². The van der Waals surface area contributed by atoms with Crippen LogP contribution in [0.15, 0.2) is 52.5 Å². The highest BCUT2D eigenvalue weighted by Gasteiger charge is 2.29. The molecule has 3 aliphatic heterocycles. The minimum Gasteiger partial charge on any atom is -0.461 e.